The Morgan fingerprint density at radius 3 is 2.93 bits per heavy atom. The zero-order chi connectivity index (χ0) is 9.97. The van der Waals surface area contributed by atoms with Gasteiger partial charge in [-0.25, -0.2) is 4.98 Å². The number of halogens is 1. The molecular formula is C10H16BrN3. The Morgan fingerprint density at radius 1 is 1.50 bits per heavy atom. The summed E-state index contributed by atoms with van der Waals surface area (Å²) in [5.41, 5.74) is 0. The van der Waals surface area contributed by atoms with Crippen LogP contribution >= 0.6 is 15.9 Å². The van der Waals surface area contributed by atoms with Crippen LogP contribution in [0.5, 0.6) is 0 Å². The van der Waals surface area contributed by atoms with E-state index in [1.165, 1.54) is 25.7 Å². The first kappa shape index (κ1) is 10.1. The molecule has 0 aliphatic heterocycles. The molecule has 1 aliphatic carbocycles. The zero-order valence-electron chi connectivity index (χ0n) is 8.49. The highest BCUT2D eigenvalue weighted by Crippen LogP contribution is 2.31. The van der Waals surface area contributed by atoms with Crippen molar-refractivity contribution in [1.82, 2.24) is 14.8 Å². The van der Waals surface area contributed by atoms with Gasteiger partial charge in [0.2, 0.25) is 0 Å². The quantitative estimate of drug-likeness (QED) is 0.762. The van der Waals surface area contributed by atoms with Crippen molar-refractivity contribution in [2.45, 2.75) is 36.9 Å². The molecule has 1 fully saturated rings. The van der Waals surface area contributed by atoms with Crippen LogP contribution in [0.4, 0.5) is 0 Å². The number of aryl methyl sites for hydroxylation is 1. The highest BCUT2D eigenvalue weighted by atomic mass is 79.9. The molecule has 0 aromatic carbocycles. The molecule has 14 heavy (non-hydrogen) atoms. The van der Waals surface area contributed by atoms with E-state index in [1.807, 2.05) is 11.7 Å². The molecule has 2 atom stereocenters. The fourth-order valence-corrected chi connectivity index (χ4v) is 2.91. The Balaban J connectivity index is 1.99. The SMILES string of the molecule is Cn1ncnc1CC1CCCCC1Br. The molecular weight excluding hydrogens is 242 g/mol. The Kier molecular flexibility index (Phi) is 3.21. The fraction of sp³-hybridized carbons (Fsp3) is 0.800. The lowest BCUT2D eigenvalue weighted by Crippen LogP contribution is -2.22. The average molecular weight is 258 g/mol. The van der Waals surface area contributed by atoms with Crippen molar-refractivity contribution in [3.8, 4) is 0 Å². The predicted octanol–water partition coefficient (Wildman–Crippen LogP) is 2.31. The lowest BCUT2D eigenvalue weighted by molar-refractivity contribution is 0.364. The topological polar surface area (TPSA) is 30.7 Å². The number of rotatable bonds is 2. The van der Waals surface area contributed by atoms with E-state index < -0.39 is 0 Å². The molecule has 4 heteroatoms. The molecule has 1 aromatic heterocycles. The average Bonchev–Trinajstić information content (AvgIpc) is 2.56. The molecule has 1 aromatic rings. The molecule has 0 bridgehead atoms. The minimum absolute atomic E-state index is 0.674. The Labute approximate surface area is 93.0 Å². The first-order valence-corrected chi connectivity index (χ1v) is 6.16. The van der Waals surface area contributed by atoms with Crippen molar-refractivity contribution in [2.75, 3.05) is 0 Å². The van der Waals surface area contributed by atoms with Crippen molar-refractivity contribution < 1.29 is 0 Å². The molecule has 0 amide bonds. The van der Waals surface area contributed by atoms with Gasteiger partial charge in [-0.15, -0.1) is 0 Å². The van der Waals surface area contributed by atoms with Crippen LogP contribution in [0.25, 0.3) is 0 Å². The predicted molar refractivity (Wildman–Crippen MR) is 59.4 cm³/mol. The Morgan fingerprint density at radius 2 is 2.29 bits per heavy atom. The van der Waals surface area contributed by atoms with E-state index in [2.05, 4.69) is 26.0 Å². The van der Waals surface area contributed by atoms with Crippen molar-refractivity contribution in [2.24, 2.45) is 13.0 Å². The molecule has 1 aliphatic rings. The van der Waals surface area contributed by atoms with Gasteiger partial charge in [-0.3, -0.25) is 4.68 Å². The third kappa shape index (κ3) is 2.16. The number of nitrogens with zero attached hydrogens (tertiary/aromatic N) is 3. The van der Waals surface area contributed by atoms with Crippen molar-refractivity contribution >= 4 is 15.9 Å². The van der Waals surface area contributed by atoms with E-state index >= 15 is 0 Å². The summed E-state index contributed by atoms with van der Waals surface area (Å²) in [5, 5.41) is 4.10. The number of hydrogen-bond acceptors (Lipinski definition) is 2. The van der Waals surface area contributed by atoms with E-state index in [4.69, 9.17) is 0 Å². The van der Waals surface area contributed by atoms with Crippen molar-refractivity contribution in [3.05, 3.63) is 12.2 Å². The molecule has 0 N–H and O–H groups in total. The molecule has 2 unspecified atom stereocenters. The summed E-state index contributed by atoms with van der Waals surface area (Å²) in [6, 6.07) is 0. The first-order valence-electron chi connectivity index (χ1n) is 5.24. The third-order valence-electron chi connectivity index (χ3n) is 3.07. The van der Waals surface area contributed by atoms with E-state index in [1.54, 1.807) is 6.33 Å². The summed E-state index contributed by atoms with van der Waals surface area (Å²) in [4.78, 5) is 4.95. The van der Waals surface area contributed by atoms with Crippen LogP contribution in [-0.2, 0) is 13.5 Å². The smallest absolute Gasteiger partial charge is 0.138 e. The molecule has 0 spiro atoms. The van der Waals surface area contributed by atoms with E-state index in [-0.39, 0.29) is 0 Å². The van der Waals surface area contributed by atoms with Gasteiger partial charge in [0.25, 0.3) is 0 Å². The molecule has 2 rings (SSSR count). The summed E-state index contributed by atoms with van der Waals surface area (Å²) in [6.07, 6.45) is 8.06. The lowest BCUT2D eigenvalue weighted by atomic mass is 9.86. The van der Waals surface area contributed by atoms with Crippen molar-refractivity contribution in [3.63, 3.8) is 0 Å². The minimum atomic E-state index is 0.674. The van der Waals surface area contributed by atoms with Gasteiger partial charge in [-0.1, -0.05) is 28.8 Å². The summed E-state index contributed by atoms with van der Waals surface area (Å²) in [6.45, 7) is 0. The first-order chi connectivity index (χ1) is 6.77. The highest BCUT2D eigenvalue weighted by Gasteiger charge is 2.24. The second-order valence-corrected chi connectivity index (χ2v) is 5.24. The Bertz CT molecular complexity index is 297. The normalized spacial score (nSPS) is 27.9. The van der Waals surface area contributed by atoms with E-state index in [9.17, 15) is 0 Å². The maximum atomic E-state index is 4.28. The van der Waals surface area contributed by atoms with E-state index in [0.29, 0.717) is 4.83 Å². The molecule has 0 saturated heterocycles. The second kappa shape index (κ2) is 4.43. The van der Waals surface area contributed by atoms with Gasteiger partial charge in [-0.2, -0.15) is 5.10 Å². The van der Waals surface area contributed by atoms with Crippen LogP contribution in [0.1, 0.15) is 31.5 Å². The van der Waals surface area contributed by atoms with Crippen LogP contribution < -0.4 is 0 Å². The molecule has 78 valence electrons. The van der Waals surface area contributed by atoms with Gasteiger partial charge in [0.05, 0.1) is 0 Å². The maximum Gasteiger partial charge on any atom is 0.138 e. The third-order valence-corrected chi connectivity index (χ3v) is 4.27. The van der Waals surface area contributed by atoms with Gasteiger partial charge in [0.15, 0.2) is 0 Å². The number of aromatic nitrogens is 3. The highest BCUT2D eigenvalue weighted by molar-refractivity contribution is 9.09. The molecule has 1 saturated carbocycles. The largest absolute Gasteiger partial charge is 0.253 e. The number of alkyl halides is 1. The molecule has 0 radical (unpaired) electrons. The summed E-state index contributed by atoms with van der Waals surface area (Å²) >= 11 is 3.77. The van der Waals surface area contributed by atoms with Crippen LogP contribution in [0.3, 0.4) is 0 Å². The van der Waals surface area contributed by atoms with Gasteiger partial charge < -0.3 is 0 Å². The summed E-state index contributed by atoms with van der Waals surface area (Å²) in [7, 11) is 1.97. The minimum Gasteiger partial charge on any atom is -0.253 e. The monoisotopic (exact) mass is 257 g/mol. The van der Waals surface area contributed by atoms with Crippen LogP contribution in [0, 0.1) is 5.92 Å². The summed E-state index contributed by atoms with van der Waals surface area (Å²) < 4.78 is 1.88. The van der Waals surface area contributed by atoms with Crippen molar-refractivity contribution in [1.29, 1.82) is 0 Å². The molecule has 1 heterocycles. The zero-order valence-corrected chi connectivity index (χ0v) is 10.1. The summed E-state index contributed by atoms with van der Waals surface area (Å²) in [5.74, 6) is 1.85. The molecule has 3 nitrogen and oxygen atoms in total. The Hall–Kier alpha value is -0.380. The van der Waals surface area contributed by atoms with Gasteiger partial charge in [-0.05, 0) is 18.8 Å². The van der Waals surface area contributed by atoms with Crippen LogP contribution in [-0.4, -0.2) is 19.6 Å². The second-order valence-electron chi connectivity index (χ2n) is 4.06. The lowest BCUT2D eigenvalue weighted by Gasteiger charge is -2.26. The fourth-order valence-electron chi connectivity index (χ4n) is 2.13. The number of hydrogen-bond donors (Lipinski definition) is 0. The van der Waals surface area contributed by atoms with E-state index in [0.717, 1.165) is 18.2 Å². The maximum absolute atomic E-state index is 4.28. The van der Waals surface area contributed by atoms with Crippen LogP contribution in [0.15, 0.2) is 6.33 Å². The van der Waals surface area contributed by atoms with Gasteiger partial charge in [0.1, 0.15) is 12.2 Å². The van der Waals surface area contributed by atoms with Crippen LogP contribution in [0.2, 0.25) is 0 Å². The standard InChI is InChI=1S/C10H16BrN3/c1-14-10(12-7-13-14)6-8-4-2-3-5-9(8)11/h7-9H,2-6H2,1H3. The van der Waals surface area contributed by atoms with Gasteiger partial charge >= 0.3 is 0 Å². The van der Waals surface area contributed by atoms with Gasteiger partial charge in [0, 0.05) is 18.3 Å².